The van der Waals surface area contributed by atoms with Crippen LogP contribution in [0.25, 0.3) is 11.0 Å². The van der Waals surface area contributed by atoms with Crippen molar-refractivity contribution >= 4 is 28.5 Å². The molecule has 0 unspecified atom stereocenters. The molecule has 0 fully saturated rings. The monoisotopic (exact) mass is 392 g/mol. The highest BCUT2D eigenvalue weighted by Crippen LogP contribution is 2.17. The summed E-state index contributed by atoms with van der Waals surface area (Å²) in [5.41, 5.74) is 3.81. The summed E-state index contributed by atoms with van der Waals surface area (Å²) in [4.78, 5) is 41.7. The van der Waals surface area contributed by atoms with E-state index >= 15 is 0 Å². The first-order valence-electron chi connectivity index (χ1n) is 9.45. The van der Waals surface area contributed by atoms with Gasteiger partial charge < -0.3 is 10.6 Å². The summed E-state index contributed by atoms with van der Waals surface area (Å²) < 4.78 is 1.42. The molecule has 0 atom stereocenters. The van der Waals surface area contributed by atoms with Crippen LogP contribution in [0, 0.1) is 13.8 Å². The lowest BCUT2D eigenvalue weighted by molar-refractivity contribution is -0.120. The van der Waals surface area contributed by atoms with Gasteiger partial charge in [-0.2, -0.15) is 0 Å². The van der Waals surface area contributed by atoms with Crippen LogP contribution >= 0.6 is 0 Å². The molecule has 0 aliphatic rings. The summed E-state index contributed by atoms with van der Waals surface area (Å²) >= 11 is 0. The molecule has 7 nitrogen and oxygen atoms in total. The Hall–Kier alpha value is -3.48. The van der Waals surface area contributed by atoms with E-state index in [1.54, 1.807) is 25.2 Å². The predicted molar refractivity (Wildman–Crippen MR) is 113 cm³/mol. The van der Waals surface area contributed by atoms with Crippen molar-refractivity contribution < 1.29 is 9.59 Å². The summed E-state index contributed by atoms with van der Waals surface area (Å²) in [5.74, 6) is -0.465. The second-order valence-electron chi connectivity index (χ2n) is 6.98. The number of aryl methyl sites for hydroxylation is 3. The van der Waals surface area contributed by atoms with Crippen LogP contribution in [0.5, 0.6) is 0 Å². The number of para-hydroxylation sites is 2. The number of nitrogens with one attached hydrogen (secondary N) is 2. The third kappa shape index (κ3) is 4.68. The lowest BCUT2D eigenvalue weighted by atomic mass is 10.1. The Morgan fingerprint density at radius 2 is 1.83 bits per heavy atom. The van der Waals surface area contributed by atoms with E-state index in [0.717, 1.165) is 16.8 Å². The molecule has 3 rings (SSSR count). The number of hydrogen-bond acceptors (Lipinski definition) is 4. The van der Waals surface area contributed by atoms with E-state index in [1.165, 1.54) is 4.57 Å². The number of amides is 2. The third-order valence-corrected chi connectivity index (χ3v) is 4.76. The summed E-state index contributed by atoms with van der Waals surface area (Å²) in [5, 5.41) is 5.42. The molecule has 150 valence electrons. The molecule has 0 spiro atoms. The molecule has 2 aromatic carbocycles. The Balaban J connectivity index is 1.93. The van der Waals surface area contributed by atoms with Crippen LogP contribution in [0.4, 0.5) is 5.69 Å². The van der Waals surface area contributed by atoms with Crippen molar-refractivity contribution in [2.75, 3.05) is 12.4 Å². The summed E-state index contributed by atoms with van der Waals surface area (Å²) in [6, 6.07) is 13.0. The number of rotatable bonds is 6. The van der Waals surface area contributed by atoms with Crippen LogP contribution in [-0.2, 0) is 22.6 Å². The van der Waals surface area contributed by atoms with E-state index in [4.69, 9.17) is 0 Å². The highest BCUT2D eigenvalue weighted by Gasteiger charge is 2.15. The molecule has 2 N–H and O–H groups in total. The fourth-order valence-corrected chi connectivity index (χ4v) is 3.13. The number of benzene rings is 2. The van der Waals surface area contributed by atoms with Crippen LogP contribution < -0.4 is 16.2 Å². The molecule has 0 saturated carbocycles. The zero-order valence-corrected chi connectivity index (χ0v) is 16.8. The van der Waals surface area contributed by atoms with Crippen LogP contribution in [-0.4, -0.2) is 28.4 Å². The molecule has 0 bridgehead atoms. The van der Waals surface area contributed by atoms with Crippen molar-refractivity contribution in [1.82, 2.24) is 14.9 Å². The normalized spacial score (nSPS) is 10.7. The van der Waals surface area contributed by atoms with Crippen LogP contribution in [0.15, 0.2) is 47.3 Å². The number of carbonyl (C=O) groups excluding carboxylic acids is 2. The second-order valence-corrected chi connectivity index (χ2v) is 6.98. The number of aromatic nitrogens is 2. The quantitative estimate of drug-likeness (QED) is 0.673. The molecular formula is C22H24N4O3. The fourth-order valence-electron chi connectivity index (χ4n) is 3.13. The smallest absolute Gasteiger partial charge is 0.273 e. The summed E-state index contributed by atoms with van der Waals surface area (Å²) in [7, 11) is 1.55. The van der Waals surface area contributed by atoms with Crippen molar-refractivity contribution in [1.29, 1.82) is 0 Å². The maximum Gasteiger partial charge on any atom is 0.273 e. The van der Waals surface area contributed by atoms with Crippen LogP contribution in [0.2, 0.25) is 0 Å². The lowest BCUT2D eigenvalue weighted by Crippen LogP contribution is -2.31. The minimum atomic E-state index is -0.358. The molecular weight excluding hydrogens is 368 g/mol. The first kappa shape index (κ1) is 20.3. The van der Waals surface area contributed by atoms with Crippen molar-refractivity contribution in [3.8, 4) is 0 Å². The topological polar surface area (TPSA) is 93.1 Å². The summed E-state index contributed by atoms with van der Waals surface area (Å²) in [6.45, 7) is 3.73. The van der Waals surface area contributed by atoms with E-state index in [1.807, 2.05) is 38.1 Å². The van der Waals surface area contributed by atoms with Crippen molar-refractivity contribution in [2.24, 2.45) is 0 Å². The Bertz CT molecular complexity index is 1130. The van der Waals surface area contributed by atoms with Crippen molar-refractivity contribution in [2.45, 2.75) is 33.2 Å². The Morgan fingerprint density at radius 1 is 1.07 bits per heavy atom. The van der Waals surface area contributed by atoms with Gasteiger partial charge in [-0.1, -0.05) is 24.3 Å². The minimum Gasteiger partial charge on any atom is -0.359 e. The van der Waals surface area contributed by atoms with Gasteiger partial charge in [-0.05, 0) is 43.2 Å². The van der Waals surface area contributed by atoms with Gasteiger partial charge in [0.05, 0.1) is 11.0 Å². The number of anilines is 1. The van der Waals surface area contributed by atoms with E-state index in [9.17, 15) is 14.4 Å². The van der Waals surface area contributed by atoms with Crippen molar-refractivity contribution in [3.63, 3.8) is 0 Å². The number of carbonyl (C=O) groups is 2. The molecule has 7 heteroatoms. The predicted octanol–water partition coefficient (Wildman–Crippen LogP) is 2.33. The molecule has 29 heavy (non-hydrogen) atoms. The van der Waals surface area contributed by atoms with E-state index in [0.29, 0.717) is 11.0 Å². The molecule has 0 aliphatic carbocycles. The molecule has 2 amide bonds. The minimum absolute atomic E-state index is 0.137. The first-order valence-corrected chi connectivity index (χ1v) is 9.45. The van der Waals surface area contributed by atoms with Gasteiger partial charge in [-0.3, -0.25) is 19.0 Å². The number of fused-ring (bicyclic) bond motifs is 1. The van der Waals surface area contributed by atoms with Gasteiger partial charge in [0.2, 0.25) is 11.8 Å². The lowest BCUT2D eigenvalue weighted by Gasteiger charge is -2.14. The molecule has 3 aromatic rings. The number of hydrogen-bond donors (Lipinski definition) is 2. The van der Waals surface area contributed by atoms with Crippen LogP contribution in [0.3, 0.4) is 0 Å². The Labute approximate surface area is 168 Å². The van der Waals surface area contributed by atoms with Crippen LogP contribution in [0.1, 0.15) is 23.2 Å². The maximum atomic E-state index is 13.0. The van der Waals surface area contributed by atoms with Gasteiger partial charge >= 0.3 is 0 Å². The van der Waals surface area contributed by atoms with Gasteiger partial charge in [0.1, 0.15) is 12.2 Å². The average molecular weight is 392 g/mol. The van der Waals surface area contributed by atoms with E-state index in [2.05, 4.69) is 15.6 Å². The molecule has 1 aromatic heterocycles. The standard InChI is InChI=1S/C22H24N4O3/c1-14-8-9-15(2)18(12-14)25-21(28)13-26-19-7-5-4-6-16(19)24-17(22(26)29)10-11-20(27)23-3/h4-9,12H,10-11,13H2,1-3H3,(H,23,27)(H,25,28). The Kier molecular flexibility index (Phi) is 6.07. The third-order valence-electron chi connectivity index (χ3n) is 4.76. The van der Waals surface area contributed by atoms with E-state index < -0.39 is 0 Å². The average Bonchev–Trinajstić information content (AvgIpc) is 2.71. The zero-order valence-electron chi connectivity index (χ0n) is 16.8. The summed E-state index contributed by atoms with van der Waals surface area (Å²) in [6.07, 6.45) is 0.369. The van der Waals surface area contributed by atoms with Gasteiger partial charge in [-0.15, -0.1) is 0 Å². The SMILES string of the molecule is CNC(=O)CCc1nc2ccccc2n(CC(=O)Nc2cc(C)ccc2C)c1=O. The highest BCUT2D eigenvalue weighted by atomic mass is 16.2. The van der Waals surface area contributed by atoms with E-state index in [-0.39, 0.29) is 42.5 Å². The Morgan fingerprint density at radius 3 is 2.59 bits per heavy atom. The van der Waals surface area contributed by atoms with Crippen molar-refractivity contribution in [3.05, 3.63) is 69.6 Å². The van der Waals surface area contributed by atoms with Gasteiger partial charge in [0.15, 0.2) is 0 Å². The molecule has 0 radical (unpaired) electrons. The van der Waals surface area contributed by atoms with Gasteiger partial charge in [-0.25, -0.2) is 4.98 Å². The fraction of sp³-hybridized carbons (Fsp3) is 0.273. The largest absolute Gasteiger partial charge is 0.359 e. The zero-order chi connectivity index (χ0) is 21.0. The maximum absolute atomic E-state index is 13.0. The molecule has 1 heterocycles. The first-order chi connectivity index (χ1) is 13.9. The second kappa shape index (κ2) is 8.68. The molecule has 0 saturated heterocycles. The number of nitrogens with zero attached hydrogens (tertiary/aromatic N) is 2. The van der Waals surface area contributed by atoms with Gasteiger partial charge in [0, 0.05) is 25.6 Å². The van der Waals surface area contributed by atoms with Gasteiger partial charge in [0.25, 0.3) is 5.56 Å². The molecule has 0 aliphatic heterocycles. The highest BCUT2D eigenvalue weighted by molar-refractivity contribution is 5.92.